The number of hydrogen-bond donors (Lipinski definition) is 2. The lowest BCUT2D eigenvalue weighted by molar-refractivity contribution is -0.126. The molecular weight excluding hydrogens is 274 g/mol. The predicted molar refractivity (Wildman–Crippen MR) is 84.6 cm³/mol. The second kappa shape index (κ2) is 6.02. The van der Waals surface area contributed by atoms with E-state index < -0.39 is 0 Å². The van der Waals surface area contributed by atoms with Crippen molar-refractivity contribution in [1.29, 1.82) is 0 Å². The van der Waals surface area contributed by atoms with Gasteiger partial charge in [0.25, 0.3) is 0 Å². The van der Waals surface area contributed by atoms with Crippen molar-refractivity contribution in [1.82, 2.24) is 5.32 Å². The molecule has 5 heteroatoms. The first-order valence-corrected chi connectivity index (χ1v) is 7.29. The summed E-state index contributed by atoms with van der Waals surface area (Å²) in [5.41, 5.74) is 1.40. The molecule has 1 aromatic rings. The van der Waals surface area contributed by atoms with Crippen LogP contribution in [0.25, 0.3) is 0 Å². The fourth-order valence-electron chi connectivity index (χ4n) is 2.43. The van der Waals surface area contributed by atoms with E-state index in [1.54, 1.807) is 6.07 Å². The number of nitrogens with zero attached hydrogens (tertiary/aromatic N) is 1. The molecule has 2 N–H and O–H groups in total. The molecule has 1 aromatic carbocycles. The van der Waals surface area contributed by atoms with Gasteiger partial charge in [-0.3, -0.25) is 4.79 Å². The average Bonchev–Trinajstić information content (AvgIpc) is 2.39. The molecule has 2 rings (SSSR count). The van der Waals surface area contributed by atoms with Gasteiger partial charge in [-0.1, -0.05) is 18.5 Å². The maximum Gasteiger partial charge on any atom is 0.230 e. The Kier molecular flexibility index (Phi) is 4.55. The lowest BCUT2D eigenvalue weighted by atomic mass is 9.80. The van der Waals surface area contributed by atoms with Crippen LogP contribution in [-0.4, -0.2) is 33.1 Å². The molecule has 1 fully saturated rings. The van der Waals surface area contributed by atoms with Gasteiger partial charge in [0.1, 0.15) is 0 Å². The van der Waals surface area contributed by atoms with Gasteiger partial charge in [-0.05, 0) is 44.1 Å². The van der Waals surface area contributed by atoms with Crippen molar-refractivity contribution < 1.29 is 4.79 Å². The number of hydrogen-bond acceptors (Lipinski definition) is 3. The zero-order valence-electron chi connectivity index (χ0n) is 12.3. The summed E-state index contributed by atoms with van der Waals surface area (Å²) in [4.78, 5) is 14.4. The van der Waals surface area contributed by atoms with E-state index in [0.29, 0.717) is 5.02 Å². The maximum absolute atomic E-state index is 12.4. The van der Waals surface area contributed by atoms with E-state index in [1.807, 2.05) is 38.1 Å². The van der Waals surface area contributed by atoms with Gasteiger partial charge in [-0.25, -0.2) is 0 Å². The third-order valence-corrected chi connectivity index (χ3v) is 4.25. The summed E-state index contributed by atoms with van der Waals surface area (Å²) in [5, 5.41) is 6.91. The van der Waals surface area contributed by atoms with Gasteiger partial charge in [0, 0.05) is 25.2 Å². The molecule has 1 saturated heterocycles. The van der Waals surface area contributed by atoms with Gasteiger partial charge in [0.15, 0.2) is 0 Å². The molecule has 20 heavy (non-hydrogen) atoms. The third kappa shape index (κ3) is 3.25. The second-order valence-corrected chi connectivity index (χ2v) is 6.23. The molecule has 0 aromatic heterocycles. The summed E-state index contributed by atoms with van der Waals surface area (Å²) >= 11 is 6.23. The topological polar surface area (TPSA) is 44.4 Å². The molecule has 0 saturated carbocycles. The van der Waals surface area contributed by atoms with Crippen LogP contribution in [0.3, 0.4) is 0 Å². The molecule has 0 bridgehead atoms. The van der Waals surface area contributed by atoms with E-state index in [1.165, 1.54) is 0 Å². The minimum Gasteiger partial charge on any atom is -0.376 e. The van der Waals surface area contributed by atoms with Gasteiger partial charge in [-0.15, -0.1) is 0 Å². The molecule has 1 heterocycles. The van der Waals surface area contributed by atoms with Crippen molar-refractivity contribution in [2.45, 2.75) is 19.8 Å². The predicted octanol–water partition coefficient (Wildman–Crippen LogP) is 2.73. The fourth-order valence-corrected chi connectivity index (χ4v) is 2.78. The summed E-state index contributed by atoms with van der Waals surface area (Å²) in [5.74, 6) is 0.0765. The molecule has 0 aliphatic carbocycles. The Hall–Kier alpha value is -1.26. The van der Waals surface area contributed by atoms with Crippen molar-refractivity contribution in [2.24, 2.45) is 5.41 Å². The zero-order valence-corrected chi connectivity index (χ0v) is 13.0. The molecule has 1 aliphatic heterocycles. The van der Waals surface area contributed by atoms with Crippen LogP contribution < -0.4 is 15.5 Å². The lowest BCUT2D eigenvalue weighted by Crippen LogP contribution is -2.42. The molecule has 1 aliphatic rings. The highest BCUT2D eigenvalue weighted by atomic mass is 35.5. The van der Waals surface area contributed by atoms with Crippen LogP contribution in [0.15, 0.2) is 18.2 Å². The molecule has 1 amide bonds. The van der Waals surface area contributed by atoms with Crippen molar-refractivity contribution in [3.63, 3.8) is 0 Å². The largest absolute Gasteiger partial charge is 0.376 e. The van der Waals surface area contributed by atoms with E-state index in [4.69, 9.17) is 11.6 Å². The Morgan fingerprint density at radius 3 is 2.55 bits per heavy atom. The number of nitrogens with one attached hydrogen (secondary N) is 2. The molecule has 4 nitrogen and oxygen atoms in total. The van der Waals surface area contributed by atoms with Crippen molar-refractivity contribution in [2.75, 3.05) is 37.4 Å². The number of amides is 1. The molecular formula is C15H22ClN3O. The van der Waals surface area contributed by atoms with Crippen LogP contribution in [0.2, 0.25) is 5.02 Å². The standard InChI is InChI=1S/C15H22ClN3O/c1-15(6-8-17-9-7-15)14(20)18-11-4-5-13(19(2)3)12(16)10-11/h4-5,10,17H,6-9H2,1-3H3,(H,18,20). The highest BCUT2D eigenvalue weighted by Crippen LogP contribution is 2.31. The van der Waals surface area contributed by atoms with Gasteiger partial charge in [0.2, 0.25) is 5.91 Å². The normalized spacial score (nSPS) is 17.6. The van der Waals surface area contributed by atoms with Crippen LogP contribution in [0.5, 0.6) is 0 Å². The van der Waals surface area contributed by atoms with Crippen LogP contribution in [0, 0.1) is 5.41 Å². The zero-order chi connectivity index (χ0) is 14.8. The van der Waals surface area contributed by atoms with Gasteiger partial charge in [0.05, 0.1) is 10.7 Å². The molecule has 0 spiro atoms. The Balaban J connectivity index is 2.10. The van der Waals surface area contributed by atoms with Gasteiger partial charge in [-0.2, -0.15) is 0 Å². The number of rotatable bonds is 3. The lowest BCUT2D eigenvalue weighted by Gasteiger charge is -2.32. The minimum atomic E-state index is -0.294. The second-order valence-electron chi connectivity index (χ2n) is 5.83. The molecule has 0 atom stereocenters. The van der Waals surface area contributed by atoms with E-state index in [9.17, 15) is 4.79 Å². The Morgan fingerprint density at radius 2 is 2.00 bits per heavy atom. The summed E-state index contributed by atoms with van der Waals surface area (Å²) in [7, 11) is 3.88. The summed E-state index contributed by atoms with van der Waals surface area (Å²) in [6, 6.07) is 5.62. The third-order valence-electron chi connectivity index (χ3n) is 3.94. The number of anilines is 2. The summed E-state index contributed by atoms with van der Waals surface area (Å²) in [6.07, 6.45) is 1.73. The molecule has 110 valence electrons. The van der Waals surface area contributed by atoms with Gasteiger partial charge >= 0.3 is 0 Å². The average molecular weight is 296 g/mol. The number of piperidine rings is 1. The number of benzene rings is 1. The quantitative estimate of drug-likeness (QED) is 0.901. The Labute approximate surface area is 125 Å². The van der Waals surface area contributed by atoms with Crippen molar-refractivity contribution in [3.05, 3.63) is 23.2 Å². The fraction of sp³-hybridized carbons (Fsp3) is 0.533. The first-order chi connectivity index (χ1) is 9.42. The van der Waals surface area contributed by atoms with E-state index in [-0.39, 0.29) is 11.3 Å². The molecule has 0 radical (unpaired) electrons. The summed E-state index contributed by atoms with van der Waals surface area (Å²) < 4.78 is 0. The Bertz CT molecular complexity index is 496. The highest BCUT2D eigenvalue weighted by Gasteiger charge is 2.34. The van der Waals surface area contributed by atoms with Crippen LogP contribution >= 0.6 is 11.6 Å². The maximum atomic E-state index is 12.4. The number of carbonyl (C=O) groups is 1. The Morgan fingerprint density at radius 1 is 1.35 bits per heavy atom. The summed E-state index contributed by atoms with van der Waals surface area (Å²) in [6.45, 7) is 3.81. The van der Waals surface area contributed by atoms with Crippen LogP contribution in [-0.2, 0) is 4.79 Å². The highest BCUT2D eigenvalue weighted by molar-refractivity contribution is 6.33. The smallest absolute Gasteiger partial charge is 0.230 e. The van der Waals surface area contributed by atoms with E-state index >= 15 is 0 Å². The van der Waals surface area contributed by atoms with Crippen LogP contribution in [0.1, 0.15) is 19.8 Å². The van der Waals surface area contributed by atoms with Gasteiger partial charge < -0.3 is 15.5 Å². The van der Waals surface area contributed by atoms with E-state index in [2.05, 4.69) is 10.6 Å². The molecule has 0 unspecified atom stereocenters. The van der Waals surface area contributed by atoms with E-state index in [0.717, 1.165) is 37.3 Å². The SMILES string of the molecule is CN(C)c1ccc(NC(=O)C2(C)CCNCC2)cc1Cl. The number of halogens is 1. The number of carbonyl (C=O) groups excluding carboxylic acids is 1. The van der Waals surface area contributed by atoms with Crippen LogP contribution in [0.4, 0.5) is 11.4 Å². The van der Waals surface area contributed by atoms with Crippen molar-refractivity contribution >= 4 is 28.9 Å². The monoisotopic (exact) mass is 295 g/mol. The van der Waals surface area contributed by atoms with Crippen molar-refractivity contribution in [3.8, 4) is 0 Å². The first-order valence-electron chi connectivity index (χ1n) is 6.91. The minimum absolute atomic E-state index is 0.0765. The first kappa shape index (κ1) is 15.1.